The van der Waals surface area contributed by atoms with Gasteiger partial charge in [0.2, 0.25) is 0 Å². The van der Waals surface area contributed by atoms with Crippen molar-refractivity contribution in [3.63, 3.8) is 0 Å². The highest BCUT2D eigenvalue weighted by Gasteiger charge is 2.40. The number of carbonyl (C=O) groups is 1. The second kappa shape index (κ2) is 4.98. The third kappa shape index (κ3) is 2.50. The lowest BCUT2D eigenvalue weighted by atomic mass is 10.1. The second-order valence-electron chi connectivity index (χ2n) is 5.48. The van der Waals surface area contributed by atoms with Crippen molar-refractivity contribution in [1.29, 1.82) is 0 Å². The monoisotopic (exact) mass is 302 g/mol. The van der Waals surface area contributed by atoms with Gasteiger partial charge in [0.1, 0.15) is 5.82 Å². The zero-order valence-corrected chi connectivity index (χ0v) is 11.1. The van der Waals surface area contributed by atoms with Gasteiger partial charge in [0.05, 0.1) is 11.1 Å². The predicted octanol–water partition coefficient (Wildman–Crippen LogP) is 2.28. The summed E-state index contributed by atoms with van der Waals surface area (Å²) in [6.07, 6.45) is -3.87. The first kappa shape index (κ1) is 14.3. The average molecular weight is 302 g/mol. The number of likely N-dealkylation sites (tertiary alicyclic amines) is 1. The van der Waals surface area contributed by atoms with E-state index in [0.717, 1.165) is 25.1 Å². The number of nitrogens with zero attached hydrogens (tertiary/aromatic N) is 1. The molecule has 0 unspecified atom stereocenters. The molecule has 3 rings (SSSR count). The molecule has 7 heteroatoms. The van der Waals surface area contributed by atoms with Crippen molar-refractivity contribution in [3.8, 4) is 0 Å². The third-order valence-corrected chi connectivity index (χ3v) is 4.18. The number of carbonyl (C=O) groups excluding carboxylic acids is 1. The van der Waals surface area contributed by atoms with E-state index in [0.29, 0.717) is 25.1 Å². The van der Waals surface area contributed by atoms with Gasteiger partial charge in [0, 0.05) is 19.1 Å². The van der Waals surface area contributed by atoms with Crippen LogP contribution in [0.25, 0.3) is 0 Å². The number of fused-ring (bicyclic) bond motifs is 1. The molecule has 1 N–H and O–H groups in total. The molecule has 3 nitrogen and oxygen atoms in total. The summed E-state index contributed by atoms with van der Waals surface area (Å²) in [5.74, 6) is -1.85. The van der Waals surface area contributed by atoms with Crippen LogP contribution >= 0.6 is 0 Å². The molecule has 2 aliphatic rings. The van der Waals surface area contributed by atoms with E-state index in [4.69, 9.17) is 0 Å². The molecule has 1 amide bonds. The lowest BCUT2D eigenvalue weighted by molar-refractivity contribution is -0.140. The summed E-state index contributed by atoms with van der Waals surface area (Å²) < 4.78 is 52.0. The third-order valence-electron chi connectivity index (χ3n) is 4.18. The number of hydrogen-bond donors (Lipinski definition) is 1. The Morgan fingerprint density at radius 1 is 1.29 bits per heavy atom. The van der Waals surface area contributed by atoms with Crippen molar-refractivity contribution >= 4 is 5.91 Å². The largest absolute Gasteiger partial charge is 0.419 e. The minimum absolute atomic E-state index is 0.169. The Bertz CT molecular complexity index is 561. The smallest absolute Gasteiger partial charge is 0.337 e. The molecule has 2 saturated heterocycles. The molecular formula is C14H14F4N2O. The molecule has 21 heavy (non-hydrogen) atoms. The molecule has 0 spiro atoms. The lowest BCUT2D eigenvalue weighted by Gasteiger charge is -2.19. The Labute approximate surface area is 118 Å². The van der Waals surface area contributed by atoms with E-state index in [-0.39, 0.29) is 6.04 Å². The van der Waals surface area contributed by atoms with Gasteiger partial charge in [-0.25, -0.2) is 4.39 Å². The Hall–Kier alpha value is -1.63. The maximum atomic E-state index is 14.0. The van der Waals surface area contributed by atoms with Gasteiger partial charge in [-0.05, 0) is 31.0 Å². The van der Waals surface area contributed by atoms with Crippen LogP contribution in [0.2, 0.25) is 0 Å². The summed E-state index contributed by atoms with van der Waals surface area (Å²) in [5.41, 5.74) is -1.91. The van der Waals surface area contributed by atoms with Gasteiger partial charge in [-0.1, -0.05) is 6.07 Å². The van der Waals surface area contributed by atoms with Crippen LogP contribution < -0.4 is 5.32 Å². The van der Waals surface area contributed by atoms with E-state index in [1.165, 1.54) is 4.90 Å². The highest BCUT2D eigenvalue weighted by atomic mass is 19.4. The van der Waals surface area contributed by atoms with Crippen LogP contribution in [0.4, 0.5) is 17.6 Å². The minimum atomic E-state index is -4.80. The van der Waals surface area contributed by atoms with Crippen molar-refractivity contribution in [2.24, 2.45) is 5.92 Å². The summed E-state index contributed by atoms with van der Waals surface area (Å²) in [6, 6.07) is 2.98. The van der Waals surface area contributed by atoms with Crippen molar-refractivity contribution < 1.29 is 22.4 Å². The zero-order chi connectivity index (χ0) is 15.2. The Morgan fingerprint density at radius 2 is 2.05 bits per heavy atom. The summed E-state index contributed by atoms with van der Waals surface area (Å²) in [6.45, 7) is 1.76. The number of hydrogen-bond acceptors (Lipinski definition) is 2. The Balaban J connectivity index is 1.86. The van der Waals surface area contributed by atoms with Crippen molar-refractivity contribution in [2.75, 3.05) is 19.6 Å². The van der Waals surface area contributed by atoms with Crippen LogP contribution in [0, 0.1) is 11.7 Å². The van der Waals surface area contributed by atoms with Gasteiger partial charge >= 0.3 is 6.18 Å². The van der Waals surface area contributed by atoms with E-state index in [1.54, 1.807) is 0 Å². The Kier molecular flexibility index (Phi) is 3.39. The molecular weight excluding hydrogens is 288 g/mol. The second-order valence-corrected chi connectivity index (χ2v) is 5.48. The number of rotatable bonds is 1. The van der Waals surface area contributed by atoms with E-state index >= 15 is 0 Å². The predicted molar refractivity (Wildman–Crippen MR) is 67.2 cm³/mol. The van der Waals surface area contributed by atoms with Crippen LogP contribution in [0.1, 0.15) is 22.3 Å². The zero-order valence-electron chi connectivity index (χ0n) is 11.1. The number of nitrogens with one attached hydrogen (secondary N) is 1. The van der Waals surface area contributed by atoms with Gasteiger partial charge in [-0.2, -0.15) is 13.2 Å². The van der Waals surface area contributed by atoms with Gasteiger partial charge in [0.25, 0.3) is 5.91 Å². The summed E-state index contributed by atoms with van der Waals surface area (Å²) in [7, 11) is 0. The fourth-order valence-corrected chi connectivity index (χ4v) is 3.10. The summed E-state index contributed by atoms with van der Waals surface area (Å²) in [5, 5.41) is 3.24. The first-order chi connectivity index (χ1) is 9.88. The van der Waals surface area contributed by atoms with Crippen LogP contribution in [0.15, 0.2) is 18.2 Å². The number of amides is 1. The normalized spacial score (nSPS) is 25.2. The van der Waals surface area contributed by atoms with E-state index in [2.05, 4.69) is 5.32 Å². The lowest BCUT2D eigenvalue weighted by Crippen LogP contribution is -2.34. The first-order valence-corrected chi connectivity index (χ1v) is 6.76. The van der Waals surface area contributed by atoms with Crippen LogP contribution in [0.5, 0.6) is 0 Å². The van der Waals surface area contributed by atoms with Crippen LogP contribution in [-0.4, -0.2) is 36.5 Å². The minimum Gasteiger partial charge on any atom is -0.337 e. The molecule has 2 atom stereocenters. The highest BCUT2D eigenvalue weighted by Crippen LogP contribution is 2.33. The van der Waals surface area contributed by atoms with E-state index in [1.807, 2.05) is 0 Å². The van der Waals surface area contributed by atoms with E-state index in [9.17, 15) is 22.4 Å². The molecule has 1 aromatic rings. The molecule has 0 bridgehead atoms. The van der Waals surface area contributed by atoms with Gasteiger partial charge < -0.3 is 10.2 Å². The summed E-state index contributed by atoms with van der Waals surface area (Å²) in [4.78, 5) is 13.7. The SMILES string of the molecule is O=C(c1cccc(C(F)(F)F)c1F)N1C[C@@H]2CCN[C@@H]2C1. The number of benzene rings is 1. The van der Waals surface area contributed by atoms with Gasteiger partial charge in [-0.15, -0.1) is 0 Å². The summed E-state index contributed by atoms with van der Waals surface area (Å²) >= 11 is 0. The first-order valence-electron chi connectivity index (χ1n) is 6.76. The molecule has 0 radical (unpaired) electrons. The number of alkyl halides is 3. The van der Waals surface area contributed by atoms with Gasteiger partial charge in [-0.3, -0.25) is 4.79 Å². The average Bonchev–Trinajstić information content (AvgIpc) is 2.97. The molecule has 2 fully saturated rings. The quantitative estimate of drug-likeness (QED) is 0.807. The topological polar surface area (TPSA) is 32.3 Å². The molecule has 0 aromatic heterocycles. The highest BCUT2D eigenvalue weighted by molar-refractivity contribution is 5.95. The van der Waals surface area contributed by atoms with E-state index < -0.39 is 29.0 Å². The fraction of sp³-hybridized carbons (Fsp3) is 0.500. The Morgan fingerprint density at radius 3 is 2.71 bits per heavy atom. The maximum Gasteiger partial charge on any atom is 0.419 e. The van der Waals surface area contributed by atoms with Crippen molar-refractivity contribution in [1.82, 2.24) is 10.2 Å². The molecule has 1 aromatic carbocycles. The number of halogens is 4. The molecule has 0 saturated carbocycles. The van der Waals surface area contributed by atoms with Crippen molar-refractivity contribution in [3.05, 3.63) is 35.1 Å². The standard InChI is InChI=1S/C14H14F4N2O/c15-12-9(2-1-3-10(12)14(16,17)18)13(21)20-6-8-4-5-19-11(8)7-20/h1-3,8,11,19H,4-7H2/t8-,11+/m0/s1. The van der Waals surface area contributed by atoms with Crippen molar-refractivity contribution in [2.45, 2.75) is 18.6 Å². The maximum absolute atomic E-state index is 14.0. The van der Waals surface area contributed by atoms with Gasteiger partial charge in [0.15, 0.2) is 0 Å². The van der Waals surface area contributed by atoms with Crippen LogP contribution in [-0.2, 0) is 6.18 Å². The molecule has 114 valence electrons. The molecule has 2 aliphatic heterocycles. The molecule has 0 aliphatic carbocycles. The van der Waals surface area contributed by atoms with Crippen LogP contribution in [0.3, 0.4) is 0 Å². The fourth-order valence-electron chi connectivity index (χ4n) is 3.10. The molecule has 2 heterocycles.